The van der Waals surface area contributed by atoms with Gasteiger partial charge in [-0.3, -0.25) is 0 Å². The fourth-order valence-corrected chi connectivity index (χ4v) is 2.33. The Morgan fingerprint density at radius 3 is 2.58 bits per heavy atom. The van der Waals surface area contributed by atoms with Gasteiger partial charge in [-0.25, -0.2) is 8.78 Å². The second-order valence-electron chi connectivity index (χ2n) is 4.85. The van der Waals surface area contributed by atoms with Crippen molar-refractivity contribution in [1.82, 2.24) is 0 Å². The maximum absolute atomic E-state index is 13.3. The van der Waals surface area contributed by atoms with E-state index < -0.39 is 11.6 Å². The van der Waals surface area contributed by atoms with Crippen molar-refractivity contribution in [1.29, 1.82) is 0 Å². The van der Waals surface area contributed by atoms with Gasteiger partial charge >= 0.3 is 0 Å². The molecule has 0 amide bonds. The summed E-state index contributed by atoms with van der Waals surface area (Å²) in [4.78, 5) is 0. The average molecular weight is 260 g/mol. The fourth-order valence-electron chi connectivity index (χ4n) is 2.33. The lowest BCUT2D eigenvalue weighted by molar-refractivity contribution is 0.587. The smallest absolute Gasteiger partial charge is 0.151 e. The zero-order chi connectivity index (χ0) is 13.4. The summed E-state index contributed by atoms with van der Waals surface area (Å²) in [6.45, 7) is 0. The number of halogens is 2. The summed E-state index contributed by atoms with van der Waals surface area (Å²) in [5.74, 6) is -0.961. The molecule has 0 aromatic heterocycles. The first-order valence-electron chi connectivity index (χ1n) is 6.21. The van der Waals surface area contributed by atoms with Crippen molar-refractivity contribution in [2.24, 2.45) is 0 Å². The molecular formula is C15H14F2N2. The number of anilines is 2. The quantitative estimate of drug-likeness (QED) is 0.829. The molecule has 3 rings (SSSR count). The van der Waals surface area contributed by atoms with Gasteiger partial charge in [0.25, 0.3) is 0 Å². The van der Waals surface area contributed by atoms with E-state index in [-0.39, 0.29) is 11.7 Å². The van der Waals surface area contributed by atoms with E-state index in [9.17, 15) is 8.78 Å². The zero-order valence-electron chi connectivity index (χ0n) is 10.2. The fraction of sp³-hybridized carbons (Fsp3) is 0.200. The molecule has 3 N–H and O–H groups in total. The van der Waals surface area contributed by atoms with E-state index in [1.807, 2.05) is 18.2 Å². The van der Waals surface area contributed by atoms with E-state index in [4.69, 9.17) is 5.73 Å². The summed E-state index contributed by atoms with van der Waals surface area (Å²) in [7, 11) is 0. The van der Waals surface area contributed by atoms with Gasteiger partial charge in [-0.1, -0.05) is 30.3 Å². The number of rotatable bonds is 3. The van der Waals surface area contributed by atoms with Crippen LogP contribution in [0.15, 0.2) is 42.5 Å². The van der Waals surface area contributed by atoms with Crippen LogP contribution in [0, 0.1) is 11.6 Å². The highest BCUT2D eigenvalue weighted by Gasteiger charge is 2.38. The van der Waals surface area contributed by atoms with Gasteiger partial charge in [0.2, 0.25) is 0 Å². The van der Waals surface area contributed by atoms with Gasteiger partial charge in [-0.2, -0.15) is 0 Å². The molecule has 2 atom stereocenters. The minimum atomic E-state index is -0.723. The topological polar surface area (TPSA) is 38.0 Å². The second kappa shape index (κ2) is 4.53. The average Bonchev–Trinajstić information content (AvgIpc) is 3.16. The molecule has 1 aliphatic carbocycles. The van der Waals surface area contributed by atoms with Crippen LogP contribution in [0.3, 0.4) is 0 Å². The van der Waals surface area contributed by atoms with Crippen LogP contribution < -0.4 is 11.1 Å². The lowest BCUT2D eigenvalue weighted by atomic mass is 10.1. The summed E-state index contributed by atoms with van der Waals surface area (Å²) < 4.78 is 26.5. The van der Waals surface area contributed by atoms with Crippen molar-refractivity contribution in [3.63, 3.8) is 0 Å². The van der Waals surface area contributed by atoms with Gasteiger partial charge in [0.15, 0.2) is 5.82 Å². The molecule has 2 unspecified atom stereocenters. The number of benzene rings is 2. The highest BCUT2D eigenvalue weighted by atomic mass is 19.1. The third kappa shape index (κ3) is 2.38. The third-order valence-electron chi connectivity index (χ3n) is 3.45. The van der Waals surface area contributed by atoms with Crippen LogP contribution >= 0.6 is 0 Å². The number of nitrogens with one attached hydrogen (secondary N) is 1. The van der Waals surface area contributed by atoms with E-state index in [2.05, 4.69) is 17.4 Å². The number of hydrogen-bond donors (Lipinski definition) is 2. The molecule has 1 aliphatic rings. The molecule has 0 radical (unpaired) electrons. The lowest BCUT2D eigenvalue weighted by Crippen LogP contribution is -2.08. The molecule has 4 heteroatoms. The first-order chi connectivity index (χ1) is 9.15. The molecule has 1 saturated carbocycles. The summed E-state index contributed by atoms with van der Waals surface area (Å²) in [6.07, 6.45) is 0.946. The molecule has 19 heavy (non-hydrogen) atoms. The molecule has 0 bridgehead atoms. The Morgan fingerprint density at radius 2 is 1.84 bits per heavy atom. The Bertz CT molecular complexity index is 599. The van der Waals surface area contributed by atoms with E-state index in [1.54, 1.807) is 0 Å². The highest BCUT2D eigenvalue weighted by molar-refractivity contribution is 5.68. The van der Waals surface area contributed by atoms with Crippen molar-refractivity contribution < 1.29 is 8.78 Å². The van der Waals surface area contributed by atoms with Gasteiger partial charge < -0.3 is 11.1 Å². The largest absolute Gasteiger partial charge is 0.395 e. The Balaban J connectivity index is 1.75. The van der Waals surface area contributed by atoms with Crippen LogP contribution in [0.25, 0.3) is 0 Å². The molecule has 0 spiro atoms. The van der Waals surface area contributed by atoms with Crippen LogP contribution in [-0.4, -0.2) is 6.04 Å². The summed E-state index contributed by atoms with van der Waals surface area (Å²) in [6, 6.07) is 12.3. The number of nitrogens with two attached hydrogens (primary N) is 1. The molecule has 0 aliphatic heterocycles. The van der Waals surface area contributed by atoms with Crippen molar-refractivity contribution >= 4 is 11.4 Å². The van der Waals surface area contributed by atoms with Gasteiger partial charge in [0.1, 0.15) is 5.82 Å². The van der Waals surface area contributed by atoms with E-state index in [1.165, 1.54) is 11.6 Å². The van der Waals surface area contributed by atoms with Crippen LogP contribution in [0.5, 0.6) is 0 Å². The highest BCUT2D eigenvalue weighted by Crippen LogP contribution is 2.43. The Morgan fingerprint density at radius 1 is 1.11 bits per heavy atom. The van der Waals surface area contributed by atoms with Crippen molar-refractivity contribution in [2.75, 3.05) is 11.1 Å². The van der Waals surface area contributed by atoms with Crippen LogP contribution in [-0.2, 0) is 0 Å². The van der Waals surface area contributed by atoms with Gasteiger partial charge in [-0.15, -0.1) is 0 Å². The van der Waals surface area contributed by atoms with Gasteiger partial charge in [-0.05, 0) is 18.1 Å². The Kier molecular flexibility index (Phi) is 2.85. The summed E-state index contributed by atoms with van der Waals surface area (Å²) in [5.41, 5.74) is 7.15. The molecule has 0 saturated heterocycles. The Labute approximate surface area is 110 Å². The number of hydrogen-bond acceptors (Lipinski definition) is 2. The molecule has 0 heterocycles. The SMILES string of the molecule is Nc1c(F)cc(F)cc1NC1CC1c1ccccc1. The minimum Gasteiger partial charge on any atom is -0.395 e. The number of nitrogen functional groups attached to an aromatic ring is 1. The van der Waals surface area contributed by atoms with Crippen LogP contribution in [0.2, 0.25) is 0 Å². The zero-order valence-corrected chi connectivity index (χ0v) is 10.2. The van der Waals surface area contributed by atoms with Crippen molar-refractivity contribution in [3.05, 3.63) is 59.7 Å². The van der Waals surface area contributed by atoms with E-state index in [0.29, 0.717) is 11.6 Å². The Hall–Kier alpha value is -2.10. The molecular weight excluding hydrogens is 246 g/mol. The maximum atomic E-state index is 13.3. The first-order valence-corrected chi connectivity index (χ1v) is 6.21. The van der Waals surface area contributed by atoms with E-state index in [0.717, 1.165) is 12.5 Å². The van der Waals surface area contributed by atoms with Crippen molar-refractivity contribution in [3.8, 4) is 0 Å². The van der Waals surface area contributed by atoms with E-state index >= 15 is 0 Å². The predicted molar refractivity (Wildman–Crippen MR) is 72.0 cm³/mol. The van der Waals surface area contributed by atoms with Crippen LogP contribution in [0.4, 0.5) is 20.2 Å². The molecule has 98 valence electrons. The molecule has 1 fully saturated rings. The lowest BCUT2D eigenvalue weighted by Gasteiger charge is -2.10. The van der Waals surface area contributed by atoms with Gasteiger partial charge in [0.05, 0.1) is 11.4 Å². The summed E-state index contributed by atoms with van der Waals surface area (Å²) >= 11 is 0. The molecule has 2 nitrogen and oxygen atoms in total. The normalized spacial score (nSPS) is 21.2. The summed E-state index contributed by atoms with van der Waals surface area (Å²) in [5, 5.41) is 3.11. The van der Waals surface area contributed by atoms with Crippen LogP contribution in [0.1, 0.15) is 17.9 Å². The van der Waals surface area contributed by atoms with Crippen molar-refractivity contribution in [2.45, 2.75) is 18.4 Å². The standard InChI is InChI=1S/C15H14F2N2/c16-10-6-12(17)15(18)14(7-10)19-13-8-11(13)9-4-2-1-3-5-9/h1-7,11,13,19H,8,18H2. The molecule has 2 aromatic carbocycles. The monoisotopic (exact) mass is 260 g/mol. The predicted octanol–water partition coefficient (Wildman–Crippen LogP) is 3.52. The molecule has 2 aromatic rings. The minimum absolute atomic E-state index is 0.0277. The van der Waals surface area contributed by atoms with Gasteiger partial charge in [0, 0.05) is 18.0 Å². The maximum Gasteiger partial charge on any atom is 0.151 e. The third-order valence-corrected chi connectivity index (χ3v) is 3.45. The first kappa shape index (κ1) is 12.0. The second-order valence-corrected chi connectivity index (χ2v) is 4.85.